The third-order valence-corrected chi connectivity index (χ3v) is 4.29. The number of carbonyl (C=O) groups excluding carboxylic acids is 1. The molecule has 2 rings (SSSR count). The van der Waals surface area contributed by atoms with Crippen LogP contribution in [0.4, 0.5) is 13.2 Å². The largest absolute Gasteiger partial charge is 0.392 e. The van der Waals surface area contributed by atoms with Gasteiger partial charge in [-0.1, -0.05) is 42.6 Å². The van der Waals surface area contributed by atoms with E-state index in [-0.39, 0.29) is 18.6 Å². The Hall–Kier alpha value is -1.03. The molecule has 20 heavy (non-hydrogen) atoms. The quantitative estimate of drug-likeness (QED) is 0.782. The Kier molecular flexibility index (Phi) is 4.74. The van der Waals surface area contributed by atoms with Crippen LogP contribution in [0.25, 0.3) is 0 Å². The summed E-state index contributed by atoms with van der Waals surface area (Å²) >= 11 is 5.96. The Morgan fingerprint density at radius 1 is 1.20 bits per heavy atom. The van der Waals surface area contributed by atoms with E-state index in [1.54, 1.807) is 24.3 Å². The van der Waals surface area contributed by atoms with Crippen LogP contribution in [0.2, 0.25) is 5.02 Å². The molecule has 5 heteroatoms. The van der Waals surface area contributed by atoms with Crippen LogP contribution in [0.3, 0.4) is 0 Å². The van der Waals surface area contributed by atoms with Crippen LogP contribution in [-0.2, 0) is 11.2 Å². The van der Waals surface area contributed by atoms with E-state index in [1.807, 2.05) is 0 Å². The predicted molar refractivity (Wildman–Crippen MR) is 71.7 cm³/mol. The zero-order valence-corrected chi connectivity index (χ0v) is 11.7. The van der Waals surface area contributed by atoms with Gasteiger partial charge in [0.25, 0.3) is 0 Å². The summed E-state index contributed by atoms with van der Waals surface area (Å²) in [5.41, 5.74) is 0.602. The molecule has 1 saturated carbocycles. The van der Waals surface area contributed by atoms with E-state index in [0.29, 0.717) is 29.8 Å². The minimum atomic E-state index is -4.29. The molecule has 1 fully saturated rings. The molecule has 0 saturated heterocycles. The molecular formula is C15H16ClF3O. The van der Waals surface area contributed by atoms with Crippen molar-refractivity contribution in [3.63, 3.8) is 0 Å². The molecule has 1 aromatic carbocycles. The van der Waals surface area contributed by atoms with Gasteiger partial charge in [0, 0.05) is 17.4 Å². The minimum absolute atomic E-state index is 0.0169. The molecule has 0 radical (unpaired) electrons. The van der Waals surface area contributed by atoms with Gasteiger partial charge in [-0.2, -0.15) is 13.2 Å². The molecule has 110 valence electrons. The van der Waals surface area contributed by atoms with Crippen LogP contribution in [0.15, 0.2) is 24.3 Å². The number of halogens is 4. The summed E-state index contributed by atoms with van der Waals surface area (Å²) in [6, 6.07) is 6.80. The van der Waals surface area contributed by atoms with Crippen molar-refractivity contribution in [2.24, 2.45) is 11.8 Å². The van der Waals surface area contributed by atoms with Crippen molar-refractivity contribution in [3.8, 4) is 0 Å². The van der Waals surface area contributed by atoms with E-state index in [9.17, 15) is 18.0 Å². The van der Waals surface area contributed by atoms with E-state index < -0.39 is 18.0 Å². The average molecular weight is 305 g/mol. The maximum Gasteiger partial charge on any atom is 0.392 e. The molecule has 1 nitrogen and oxygen atoms in total. The van der Waals surface area contributed by atoms with Crippen LogP contribution in [0.1, 0.15) is 31.2 Å². The number of alkyl halides is 3. The number of benzene rings is 1. The number of ketones is 1. The highest BCUT2D eigenvalue weighted by atomic mass is 35.5. The van der Waals surface area contributed by atoms with Crippen LogP contribution < -0.4 is 0 Å². The molecule has 0 bridgehead atoms. The molecular weight excluding hydrogens is 289 g/mol. The summed E-state index contributed by atoms with van der Waals surface area (Å²) in [6.45, 7) is 0. The molecule has 2 atom stereocenters. The first-order valence-corrected chi connectivity index (χ1v) is 7.10. The molecule has 1 aliphatic rings. The van der Waals surface area contributed by atoms with Crippen LogP contribution >= 0.6 is 11.6 Å². The summed E-state index contributed by atoms with van der Waals surface area (Å²) in [7, 11) is 0. The van der Waals surface area contributed by atoms with Crippen molar-refractivity contribution < 1.29 is 18.0 Å². The zero-order chi connectivity index (χ0) is 14.8. The van der Waals surface area contributed by atoms with Gasteiger partial charge in [-0.3, -0.25) is 4.79 Å². The number of rotatable bonds is 3. The van der Waals surface area contributed by atoms with E-state index in [0.717, 1.165) is 0 Å². The van der Waals surface area contributed by atoms with Gasteiger partial charge >= 0.3 is 6.18 Å². The Morgan fingerprint density at radius 2 is 1.85 bits per heavy atom. The lowest BCUT2D eigenvalue weighted by Gasteiger charge is -2.32. The Labute approximate surface area is 121 Å². The van der Waals surface area contributed by atoms with E-state index in [1.165, 1.54) is 0 Å². The number of carbonyl (C=O) groups is 1. The zero-order valence-electron chi connectivity index (χ0n) is 10.9. The predicted octanol–water partition coefficient (Wildman–Crippen LogP) is 4.82. The Balaban J connectivity index is 2.13. The van der Waals surface area contributed by atoms with Gasteiger partial charge in [0.15, 0.2) is 0 Å². The maximum absolute atomic E-state index is 13.0. The van der Waals surface area contributed by atoms with Crippen molar-refractivity contribution >= 4 is 17.4 Å². The lowest BCUT2D eigenvalue weighted by molar-refractivity contribution is -0.197. The van der Waals surface area contributed by atoms with Crippen molar-refractivity contribution in [1.29, 1.82) is 0 Å². The van der Waals surface area contributed by atoms with Gasteiger partial charge in [0.05, 0.1) is 5.92 Å². The second-order valence-corrected chi connectivity index (χ2v) is 5.68. The summed E-state index contributed by atoms with van der Waals surface area (Å²) in [6.07, 6.45) is -2.69. The van der Waals surface area contributed by atoms with Gasteiger partial charge < -0.3 is 0 Å². The van der Waals surface area contributed by atoms with Crippen molar-refractivity contribution in [2.75, 3.05) is 0 Å². The first-order valence-electron chi connectivity index (χ1n) is 6.72. The lowest BCUT2D eigenvalue weighted by atomic mass is 9.75. The normalized spacial score (nSPS) is 23.6. The van der Waals surface area contributed by atoms with Gasteiger partial charge in [0.2, 0.25) is 0 Å². The first-order chi connectivity index (χ1) is 9.39. The average Bonchev–Trinajstić information content (AvgIpc) is 2.40. The highest BCUT2D eigenvalue weighted by Gasteiger charge is 2.47. The molecule has 1 aliphatic carbocycles. The second kappa shape index (κ2) is 6.17. The topological polar surface area (TPSA) is 17.1 Å². The van der Waals surface area contributed by atoms with Gasteiger partial charge in [0.1, 0.15) is 5.78 Å². The van der Waals surface area contributed by atoms with Gasteiger partial charge in [-0.15, -0.1) is 0 Å². The molecule has 0 amide bonds. The second-order valence-electron chi connectivity index (χ2n) is 5.27. The molecule has 0 aromatic heterocycles. The maximum atomic E-state index is 13.0. The van der Waals surface area contributed by atoms with E-state index >= 15 is 0 Å². The fourth-order valence-electron chi connectivity index (χ4n) is 2.87. The summed E-state index contributed by atoms with van der Waals surface area (Å²) in [5, 5.41) is 0.431. The summed E-state index contributed by atoms with van der Waals surface area (Å²) in [4.78, 5) is 12.2. The lowest BCUT2D eigenvalue weighted by Crippen LogP contribution is -2.37. The third-order valence-electron chi connectivity index (χ3n) is 3.92. The molecule has 0 aliphatic heterocycles. The standard InChI is InChI=1S/C15H16ClF3O/c16-13-8-4-1-5-10(13)9-14(20)11-6-2-3-7-12(11)15(17,18)19/h1,4-5,8,11-12H,2-3,6-7,9H2. The summed E-state index contributed by atoms with van der Waals surface area (Å²) < 4.78 is 39.0. The Bertz CT molecular complexity index is 484. The highest BCUT2D eigenvalue weighted by Crippen LogP contribution is 2.42. The molecule has 0 N–H and O–H groups in total. The monoisotopic (exact) mass is 304 g/mol. The van der Waals surface area contributed by atoms with Gasteiger partial charge in [-0.25, -0.2) is 0 Å². The molecule has 0 heterocycles. The number of hydrogen-bond donors (Lipinski definition) is 0. The van der Waals surface area contributed by atoms with Crippen LogP contribution in [0.5, 0.6) is 0 Å². The van der Waals surface area contributed by atoms with Gasteiger partial charge in [-0.05, 0) is 24.5 Å². The number of Topliss-reactive ketones (excluding diaryl/α,β-unsaturated/α-hetero) is 1. The fourth-order valence-corrected chi connectivity index (χ4v) is 3.07. The van der Waals surface area contributed by atoms with Crippen LogP contribution in [-0.4, -0.2) is 12.0 Å². The molecule has 1 aromatic rings. The van der Waals surface area contributed by atoms with E-state index in [2.05, 4.69) is 0 Å². The summed E-state index contributed by atoms with van der Waals surface area (Å²) in [5.74, 6) is -2.76. The smallest absolute Gasteiger partial charge is 0.299 e. The van der Waals surface area contributed by atoms with Crippen molar-refractivity contribution in [3.05, 3.63) is 34.9 Å². The molecule has 0 spiro atoms. The van der Waals surface area contributed by atoms with E-state index in [4.69, 9.17) is 11.6 Å². The van der Waals surface area contributed by atoms with Crippen LogP contribution in [0, 0.1) is 11.8 Å². The SMILES string of the molecule is O=C(Cc1ccccc1Cl)C1CCCCC1C(F)(F)F. The first kappa shape index (κ1) is 15.4. The molecule has 2 unspecified atom stereocenters. The van der Waals surface area contributed by atoms with Crippen molar-refractivity contribution in [2.45, 2.75) is 38.3 Å². The minimum Gasteiger partial charge on any atom is -0.299 e. The van der Waals surface area contributed by atoms with Crippen molar-refractivity contribution in [1.82, 2.24) is 0 Å². The fraction of sp³-hybridized carbons (Fsp3) is 0.533. The third kappa shape index (κ3) is 3.54. The number of hydrogen-bond acceptors (Lipinski definition) is 1. The Morgan fingerprint density at radius 3 is 2.50 bits per heavy atom. The highest BCUT2D eigenvalue weighted by molar-refractivity contribution is 6.31.